The molecule has 4 nitrogen and oxygen atoms in total. The van der Waals surface area contributed by atoms with Crippen molar-refractivity contribution in [1.82, 2.24) is 4.90 Å². The Bertz CT molecular complexity index is 949. The van der Waals surface area contributed by atoms with E-state index >= 15 is 0 Å². The summed E-state index contributed by atoms with van der Waals surface area (Å²) in [5.41, 5.74) is 1.60. The summed E-state index contributed by atoms with van der Waals surface area (Å²) in [4.78, 5) is 26.8. The topological polar surface area (TPSA) is 46.6 Å². The number of halogens is 3. The van der Waals surface area contributed by atoms with Gasteiger partial charge in [-0.3, -0.25) is 14.5 Å². The molecule has 0 spiro atoms. The highest BCUT2D eigenvalue weighted by molar-refractivity contribution is 14.1. The number of thioether (sulfide) groups is 1. The smallest absolute Gasteiger partial charge is 0.293 e. The van der Waals surface area contributed by atoms with E-state index in [9.17, 15) is 9.59 Å². The molecule has 8 heteroatoms. The van der Waals surface area contributed by atoms with Gasteiger partial charge < -0.3 is 4.74 Å². The number of hydrogen-bond donors (Lipinski definition) is 0. The lowest BCUT2D eigenvalue weighted by Crippen LogP contribution is -2.27. The number of nitrogens with zero attached hydrogens (tertiary/aromatic N) is 1. The van der Waals surface area contributed by atoms with E-state index in [4.69, 9.17) is 16.3 Å². The maximum atomic E-state index is 12.8. The maximum absolute atomic E-state index is 12.8. The fourth-order valence-corrected chi connectivity index (χ4v) is 5.67. The third-order valence-corrected chi connectivity index (χ3v) is 6.28. The molecule has 3 rings (SSSR count). The van der Waals surface area contributed by atoms with Gasteiger partial charge in [-0.1, -0.05) is 23.7 Å². The lowest BCUT2D eigenvalue weighted by molar-refractivity contribution is -0.123. The SMILES string of the molecule is CCOc1c(I)cc(I)cc1/C=C1\SC(=O)N(Cc2cccc(Cl)c2)C1=O. The van der Waals surface area contributed by atoms with Crippen LogP contribution in [-0.2, 0) is 11.3 Å². The second kappa shape index (κ2) is 9.15. The van der Waals surface area contributed by atoms with Crippen molar-refractivity contribution in [3.8, 4) is 5.75 Å². The fraction of sp³-hybridized carbons (Fsp3) is 0.158. The van der Waals surface area contributed by atoms with Crippen LogP contribution in [0, 0.1) is 7.14 Å². The minimum absolute atomic E-state index is 0.199. The molecule has 1 fully saturated rings. The Hall–Kier alpha value is -0.780. The average Bonchev–Trinajstić information content (AvgIpc) is 2.85. The van der Waals surface area contributed by atoms with Crippen molar-refractivity contribution in [3.63, 3.8) is 0 Å². The second-order valence-corrected chi connectivity index (χ2v) is 9.47. The number of carbonyl (C=O) groups is 2. The molecule has 1 aliphatic heterocycles. The molecule has 0 saturated carbocycles. The first-order valence-electron chi connectivity index (χ1n) is 8.00. The molecule has 2 amide bonds. The molecule has 0 N–H and O–H groups in total. The molecule has 27 heavy (non-hydrogen) atoms. The standard InChI is InChI=1S/C19H14ClI2NO3S/c1-2-26-17-12(7-14(21)9-15(17)22)8-16-18(24)23(19(25)27-16)10-11-4-3-5-13(20)6-11/h3-9H,2,10H2,1H3/b16-8-. The Kier molecular flexibility index (Phi) is 7.09. The first kappa shape index (κ1) is 20.9. The van der Waals surface area contributed by atoms with Crippen LogP contribution in [0.25, 0.3) is 6.08 Å². The first-order chi connectivity index (χ1) is 12.9. The van der Waals surface area contributed by atoms with E-state index in [0.29, 0.717) is 16.5 Å². The van der Waals surface area contributed by atoms with E-state index in [1.54, 1.807) is 24.3 Å². The fourth-order valence-electron chi connectivity index (χ4n) is 2.58. The molecule has 0 unspecified atom stereocenters. The highest BCUT2D eigenvalue weighted by atomic mass is 127. The second-order valence-electron chi connectivity index (χ2n) is 5.64. The molecule has 1 aliphatic rings. The van der Waals surface area contributed by atoms with Crippen molar-refractivity contribution in [1.29, 1.82) is 0 Å². The Morgan fingerprint density at radius 2 is 2.00 bits per heavy atom. The third-order valence-electron chi connectivity index (χ3n) is 3.72. The predicted molar refractivity (Wildman–Crippen MR) is 126 cm³/mol. The lowest BCUT2D eigenvalue weighted by atomic mass is 10.1. The number of rotatable bonds is 5. The minimum atomic E-state index is -0.304. The molecule has 0 aliphatic carbocycles. The van der Waals surface area contributed by atoms with E-state index in [1.807, 2.05) is 25.1 Å². The van der Waals surface area contributed by atoms with Gasteiger partial charge in [0, 0.05) is 14.2 Å². The summed E-state index contributed by atoms with van der Waals surface area (Å²) < 4.78 is 7.74. The summed E-state index contributed by atoms with van der Waals surface area (Å²) in [5.74, 6) is 0.418. The molecule has 0 bridgehead atoms. The van der Waals surface area contributed by atoms with Gasteiger partial charge in [0.2, 0.25) is 0 Å². The average molecular weight is 626 g/mol. The zero-order valence-corrected chi connectivity index (χ0v) is 20.1. The molecule has 0 atom stereocenters. The Labute approximate surface area is 193 Å². The van der Waals surface area contributed by atoms with Crippen molar-refractivity contribution < 1.29 is 14.3 Å². The third kappa shape index (κ3) is 4.99. The van der Waals surface area contributed by atoms with Crippen LogP contribution in [0.3, 0.4) is 0 Å². The van der Waals surface area contributed by atoms with E-state index in [-0.39, 0.29) is 17.7 Å². The Morgan fingerprint density at radius 1 is 1.22 bits per heavy atom. The molecular weight excluding hydrogens is 612 g/mol. The van der Waals surface area contributed by atoms with E-state index in [2.05, 4.69) is 45.2 Å². The van der Waals surface area contributed by atoms with Crippen LogP contribution < -0.4 is 4.74 Å². The van der Waals surface area contributed by atoms with Crippen molar-refractivity contribution in [2.75, 3.05) is 6.61 Å². The van der Waals surface area contributed by atoms with Gasteiger partial charge in [-0.05, 0) is 99.8 Å². The quantitative estimate of drug-likeness (QED) is 0.294. The van der Waals surface area contributed by atoms with Gasteiger partial charge in [0.25, 0.3) is 11.1 Å². The molecular formula is C19H14ClI2NO3S. The van der Waals surface area contributed by atoms with Gasteiger partial charge in [0.1, 0.15) is 5.75 Å². The molecule has 2 aromatic carbocycles. The van der Waals surface area contributed by atoms with E-state index in [0.717, 1.165) is 35.8 Å². The van der Waals surface area contributed by atoms with Crippen LogP contribution in [0.2, 0.25) is 5.02 Å². The highest BCUT2D eigenvalue weighted by Gasteiger charge is 2.35. The largest absolute Gasteiger partial charge is 0.492 e. The van der Waals surface area contributed by atoms with Crippen LogP contribution in [0.1, 0.15) is 18.1 Å². The van der Waals surface area contributed by atoms with Crippen molar-refractivity contribution >= 4 is 85.8 Å². The number of hydrogen-bond acceptors (Lipinski definition) is 4. The molecule has 1 saturated heterocycles. The lowest BCUT2D eigenvalue weighted by Gasteiger charge is -2.13. The van der Waals surface area contributed by atoms with Crippen LogP contribution >= 0.6 is 68.5 Å². The summed E-state index contributed by atoms with van der Waals surface area (Å²) in [6.45, 7) is 2.63. The number of benzene rings is 2. The Balaban J connectivity index is 1.91. The van der Waals surface area contributed by atoms with Crippen LogP contribution in [-0.4, -0.2) is 22.7 Å². The van der Waals surface area contributed by atoms with Gasteiger partial charge in [-0.2, -0.15) is 0 Å². The van der Waals surface area contributed by atoms with Crippen LogP contribution in [0.5, 0.6) is 5.75 Å². The van der Waals surface area contributed by atoms with Crippen LogP contribution in [0.4, 0.5) is 4.79 Å². The van der Waals surface area contributed by atoms with Gasteiger partial charge >= 0.3 is 0 Å². The predicted octanol–water partition coefficient (Wildman–Crippen LogP) is 6.18. The highest BCUT2D eigenvalue weighted by Crippen LogP contribution is 2.37. The van der Waals surface area contributed by atoms with Crippen molar-refractivity contribution in [3.05, 3.63) is 64.6 Å². The van der Waals surface area contributed by atoms with Gasteiger partial charge in [0.05, 0.1) is 21.6 Å². The number of imide groups is 1. The maximum Gasteiger partial charge on any atom is 0.293 e. The van der Waals surface area contributed by atoms with Gasteiger partial charge in [-0.15, -0.1) is 0 Å². The normalized spacial score (nSPS) is 15.7. The molecule has 0 aromatic heterocycles. The molecule has 2 aromatic rings. The van der Waals surface area contributed by atoms with Gasteiger partial charge in [-0.25, -0.2) is 0 Å². The van der Waals surface area contributed by atoms with Crippen molar-refractivity contribution in [2.45, 2.75) is 13.5 Å². The summed E-state index contributed by atoms with van der Waals surface area (Å²) in [7, 11) is 0. The minimum Gasteiger partial charge on any atom is -0.492 e. The van der Waals surface area contributed by atoms with Crippen molar-refractivity contribution in [2.24, 2.45) is 0 Å². The Morgan fingerprint density at radius 3 is 2.70 bits per heavy atom. The summed E-state index contributed by atoms with van der Waals surface area (Å²) >= 11 is 11.4. The summed E-state index contributed by atoms with van der Waals surface area (Å²) in [6.07, 6.45) is 1.73. The first-order valence-corrected chi connectivity index (χ1v) is 11.4. The van der Waals surface area contributed by atoms with Gasteiger partial charge in [0.15, 0.2) is 0 Å². The molecule has 1 heterocycles. The molecule has 0 radical (unpaired) electrons. The number of ether oxygens (including phenoxy) is 1. The molecule has 140 valence electrons. The summed E-state index contributed by atoms with van der Waals surface area (Å²) in [5, 5.41) is 0.286. The zero-order valence-electron chi connectivity index (χ0n) is 14.2. The monoisotopic (exact) mass is 625 g/mol. The zero-order chi connectivity index (χ0) is 19.6. The number of carbonyl (C=O) groups excluding carboxylic acids is 2. The van der Waals surface area contributed by atoms with Crippen LogP contribution in [0.15, 0.2) is 41.3 Å². The van der Waals surface area contributed by atoms with E-state index < -0.39 is 0 Å². The number of amides is 2. The summed E-state index contributed by atoms with van der Waals surface area (Å²) in [6, 6.07) is 11.1. The van der Waals surface area contributed by atoms with E-state index in [1.165, 1.54) is 4.90 Å².